The second kappa shape index (κ2) is 4.46. The van der Waals surface area contributed by atoms with Crippen LogP contribution in [0.4, 0.5) is 0 Å². The Balaban J connectivity index is 3.11. The molecule has 0 spiro atoms. The van der Waals surface area contributed by atoms with Gasteiger partial charge in [0.15, 0.2) is 5.78 Å². The van der Waals surface area contributed by atoms with E-state index in [1.165, 1.54) is 0 Å². The number of carbonyl (C=O) groups is 2. The third-order valence-electron chi connectivity index (χ3n) is 0.717. The van der Waals surface area contributed by atoms with Gasteiger partial charge in [-0.25, -0.2) is 0 Å². The smallest absolute Gasteiger partial charge is 0.158 e. The Labute approximate surface area is 47.3 Å². The summed E-state index contributed by atoms with van der Waals surface area (Å²) < 4.78 is 0. The van der Waals surface area contributed by atoms with Crippen molar-refractivity contribution >= 4 is 12.1 Å². The molecule has 0 amide bonds. The maximum Gasteiger partial charge on any atom is 0.158 e. The van der Waals surface area contributed by atoms with Gasteiger partial charge in [0.2, 0.25) is 0 Å². The minimum atomic E-state index is -0.451. The molecule has 3 nitrogen and oxygen atoms in total. The third-order valence-corrected chi connectivity index (χ3v) is 0.717. The lowest BCUT2D eigenvalue weighted by molar-refractivity contribution is -0.123. The zero-order valence-corrected chi connectivity index (χ0v) is 4.46. The van der Waals surface area contributed by atoms with Crippen molar-refractivity contribution in [1.82, 2.24) is 0 Å². The monoisotopic (exact) mass is 116 g/mol. The molecule has 0 aliphatic carbocycles. The van der Waals surface area contributed by atoms with Gasteiger partial charge in [0.25, 0.3) is 0 Å². The predicted octanol–water partition coefficient (Wildman–Crippen LogP) is -0.473. The van der Waals surface area contributed by atoms with Crippen LogP contribution in [0, 0.1) is 0 Å². The SMILES string of the molecule is O=CCCC(=O)CO. The Kier molecular flexibility index (Phi) is 4.07. The number of aliphatic hydroxyl groups is 1. The highest BCUT2D eigenvalue weighted by Crippen LogP contribution is 1.84. The Bertz CT molecular complexity index is 87.7. The second-order valence-electron chi connectivity index (χ2n) is 1.40. The molecule has 0 aromatic rings. The maximum absolute atomic E-state index is 10.2. The number of aliphatic hydroxyl groups excluding tert-OH is 1. The van der Waals surface area contributed by atoms with E-state index in [0.29, 0.717) is 6.29 Å². The molecular weight excluding hydrogens is 108 g/mol. The van der Waals surface area contributed by atoms with Crippen LogP contribution < -0.4 is 0 Å². The fraction of sp³-hybridized carbons (Fsp3) is 0.600. The lowest BCUT2D eigenvalue weighted by Crippen LogP contribution is -2.02. The summed E-state index contributed by atoms with van der Waals surface area (Å²) in [6, 6.07) is 0. The van der Waals surface area contributed by atoms with Crippen LogP contribution >= 0.6 is 0 Å². The summed E-state index contributed by atoms with van der Waals surface area (Å²) in [5.74, 6) is -0.280. The van der Waals surface area contributed by atoms with Crippen molar-refractivity contribution in [2.24, 2.45) is 0 Å². The lowest BCUT2D eigenvalue weighted by Gasteiger charge is -1.86. The quantitative estimate of drug-likeness (QED) is 0.505. The van der Waals surface area contributed by atoms with Gasteiger partial charge in [0.05, 0.1) is 0 Å². The number of aldehydes is 1. The van der Waals surface area contributed by atoms with E-state index in [1.54, 1.807) is 0 Å². The zero-order valence-electron chi connectivity index (χ0n) is 4.46. The van der Waals surface area contributed by atoms with Crippen molar-refractivity contribution in [2.75, 3.05) is 6.61 Å². The molecule has 0 saturated carbocycles. The molecule has 0 aromatic heterocycles. The summed E-state index contributed by atoms with van der Waals surface area (Å²) >= 11 is 0. The topological polar surface area (TPSA) is 54.4 Å². The molecule has 0 bridgehead atoms. The van der Waals surface area contributed by atoms with Crippen LogP contribution in [0.15, 0.2) is 0 Å². The Hall–Kier alpha value is -0.700. The van der Waals surface area contributed by atoms with Gasteiger partial charge in [-0.05, 0) is 0 Å². The van der Waals surface area contributed by atoms with Gasteiger partial charge in [-0.1, -0.05) is 0 Å². The van der Waals surface area contributed by atoms with Gasteiger partial charge in [-0.3, -0.25) is 4.79 Å². The molecule has 0 rings (SSSR count). The summed E-state index contributed by atoms with van der Waals surface area (Å²) in [7, 11) is 0. The molecule has 0 saturated heterocycles. The fourth-order valence-corrected chi connectivity index (χ4v) is 0.299. The molecule has 8 heavy (non-hydrogen) atoms. The van der Waals surface area contributed by atoms with E-state index in [-0.39, 0.29) is 18.6 Å². The van der Waals surface area contributed by atoms with E-state index in [1.807, 2.05) is 0 Å². The number of rotatable bonds is 4. The highest BCUT2D eigenvalue weighted by molar-refractivity contribution is 5.81. The third kappa shape index (κ3) is 3.49. The Morgan fingerprint density at radius 1 is 1.62 bits per heavy atom. The molecule has 1 N–H and O–H groups in total. The highest BCUT2D eigenvalue weighted by atomic mass is 16.3. The van der Waals surface area contributed by atoms with Crippen LogP contribution in [0.3, 0.4) is 0 Å². The van der Waals surface area contributed by atoms with Gasteiger partial charge in [-0.15, -0.1) is 0 Å². The summed E-state index contributed by atoms with van der Waals surface area (Å²) in [5, 5.41) is 8.10. The predicted molar refractivity (Wildman–Crippen MR) is 27.4 cm³/mol. The van der Waals surface area contributed by atoms with Gasteiger partial charge in [-0.2, -0.15) is 0 Å². The molecule has 0 radical (unpaired) electrons. The molecule has 0 aromatic carbocycles. The molecular formula is C5H8O3. The number of carbonyl (C=O) groups excluding carboxylic acids is 2. The van der Waals surface area contributed by atoms with Crippen LogP contribution in [0.2, 0.25) is 0 Å². The van der Waals surface area contributed by atoms with Crippen molar-refractivity contribution < 1.29 is 14.7 Å². The maximum atomic E-state index is 10.2. The van der Waals surface area contributed by atoms with Crippen LogP contribution in [-0.2, 0) is 9.59 Å². The number of ketones is 1. The first-order chi connectivity index (χ1) is 3.81. The minimum Gasteiger partial charge on any atom is -0.389 e. The molecule has 0 aliphatic heterocycles. The van der Waals surface area contributed by atoms with Crippen LogP contribution in [-0.4, -0.2) is 23.8 Å². The summed E-state index contributed by atoms with van der Waals surface area (Å²) in [6.45, 7) is -0.451. The van der Waals surface area contributed by atoms with Crippen LogP contribution in [0.1, 0.15) is 12.8 Å². The van der Waals surface area contributed by atoms with Gasteiger partial charge >= 0.3 is 0 Å². The molecule has 0 aliphatic rings. The van der Waals surface area contributed by atoms with Crippen LogP contribution in [0.25, 0.3) is 0 Å². The molecule has 0 heterocycles. The molecule has 0 atom stereocenters. The minimum absolute atomic E-state index is 0.167. The first-order valence-electron chi connectivity index (χ1n) is 2.37. The Morgan fingerprint density at radius 3 is 2.62 bits per heavy atom. The lowest BCUT2D eigenvalue weighted by atomic mass is 10.2. The van der Waals surface area contributed by atoms with E-state index in [0.717, 1.165) is 0 Å². The Morgan fingerprint density at radius 2 is 2.25 bits per heavy atom. The number of hydrogen-bond donors (Lipinski definition) is 1. The standard InChI is InChI=1S/C5H8O3/c6-3-1-2-5(8)4-7/h3,7H,1-2,4H2. The molecule has 0 fully saturated rings. The average Bonchev–Trinajstić information content (AvgIpc) is 1.83. The van der Waals surface area contributed by atoms with Crippen molar-refractivity contribution in [2.45, 2.75) is 12.8 Å². The summed E-state index contributed by atoms with van der Waals surface area (Å²) in [5.41, 5.74) is 0. The van der Waals surface area contributed by atoms with E-state index >= 15 is 0 Å². The largest absolute Gasteiger partial charge is 0.389 e. The van der Waals surface area contributed by atoms with E-state index in [9.17, 15) is 9.59 Å². The first-order valence-corrected chi connectivity index (χ1v) is 2.37. The van der Waals surface area contributed by atoms with Gasteiger partial charge < -0.3 is 9.90 Å². The van der Waals surface area contributed by atoms with Crippen molar-refractivity contribution in [3.8, 4) is 0 Å². The fourth-order valence-electron chi connectivity index (χ4n) is 0.299. The van der Waals surface area contributed by atoms with E-state index < -0.39 is 6.61 Å². The average molecular weight is 116 g/mol. The highest BCUT2D eigenvalue weighted by Gasteiger charge is 1.95. The zero-order chi connectivity index (χ0) is 6.41. The number of Topliss-reactive ketones (excluding diaryl/α,β-unsaturated/α-hetero) is 1. The van der Waals surface area contributed by atoms with Gasteiger partial charge in [0.1, 0.15) is 12.9 Å². The normalized spacial score (nSPS) is 8.62. The van der Waals surface area contributed by atoms with Gasteiger partial charge in [0, 0.05) is 12.8 Å². The van der Waals surface area contributed by atoms with Crippen LogP contribution in [0.5, 0.6) is 0 Å². The summed E-state index contributed by atoms with van der Waals surface area (Å²) in [6.07, 6.45) is 1.05. The van der Waals surface area contributed by atoms with Crippen molar-refractivity contribution in [3.05, 3.63) is 0 Å². The molecule has 3 heteroatoms. The van der Waals surface area contributed by atoms with E-state index in [4.69, 9.17) is 5.11 Å². The number of hydrogen-bond acceptors (Lipinski definition) is 3. The molecule has 46 valence electrons. The molecule has 0 unspecified atom stereocenters. The first kappa shape index (κ1) is 7.30. The second-order valence-corrected chi connectivity index (χ2v) is 1.40. The van der Waals surface area contributed by atoms with E-state index in [2.05, 4.69) is 0 Å². The van der Waals surface area contributed by atoms with Crippen molar-refractivity contribution in [1.29, 1.82) is 0 Å². The summed E-state index contributed by atoms with van der Waals surface area (Å²) in [4.78, 5) is 19.8. The van der Waals surface area contributed by atoms with Crippen molar-refractivity contribution in [3.63, 3.8) is 0 Å².